The maximum Gasteiger partial charge on any atom is 0.120 e. The molecule has 4 heteroatoms. The first-order valence-corrected chi connectivity index (χ1v) is 6.37. The largest absolute Gasteiger partial charge is 0.508 e. The SMILES string of the molecule is CCN(C)CCNC(C)c1cc(OC)ccc1O. The molecule has 0 fully saturated rings. The number of hydrogen-bond acceptors (Lipinski definition) is 4. The third kappa shape index (κ3) is 4.20. The number of ether oxygens (including phenoxy) is 1. The summed E-state index contributed by atoms with van der Waals surface area (Å²) in [6.45, 7) is 7.10. The number of rotatable bonds is 7. The van der Waals surface area contributed by atoms with Crippen molar-refractivity contribution in [2.45, 2.75) is 19.9 Å². The Morgan fingerprint density at radius 3 is 2.78 bits per heavy atom. The van der Waals surface area contributed by atoms with Crippen LogP contribution in [-0.2, 0) is 0 Å². The molecule has 2 N–H and O–H groups in total. The smallest absolute Gasteiger partial charge is 0.120 e. The summed E-state index contributed by atoms with van der Waals surface area (Å²) in [5.74, 6) is 1.07. The molecule has 18 heavy (non-hydrogen) atoms. The van der Waals surface area contributed by atoms with Gasteiger partial charge >= 0.3 is 0 Å². The van der Waals surface area contributed by atoms with Crippen molar-refractivity contribution in [3.05, 3.63) is 23.8 Å². The average molecular weight is 252 g/mol. The molecule has 1 rings (SSSR count). The van der Waals surface area contributed by atoms with Gasteiger partial charge in [0, 0.05) is 24.7 Å². The van der Waals surface area contributed by atoms with E-state index in [0.29, 0.717) is 5.75 Å². The summed E-state index contributed by atoms with van der Waals surface area (Å²) in [6, 6.07) is 5.41. The fourth-order valence-electron chi connectivity index (χ4n) is 1.75. The molecule has 1 unspecified atom stereocenters. The molecule has 102 valence electrons. The van der Waals surface area contributed by atoms with Gasteiger partial charge in [-0.25, -0.2) is 0 Å². The Kier molecular flexibility index (Phi) is 5.95. The molecule has 0 aromatic heterocycles. The second kappa shape index (κ2) is 7.24. The van der Waals surface area contributed by atoms with E-state index in [1.165, 1.54) is 0 Å². The molecule has 0 aliphatic carbocycles. The van der Waals surface area contributed by atoms with Crippen molar-refractivity contribution in [3.63, 3.8) is 0 Å². The average Bonchev–Trinajstić information content (AvgIpc) is 2.38. The van der Waals surface area contributed by atoms with E-state index in [9.17, 15) is 5.11 Å². The van der Waals surface area contributed by atoms with Gasteiger partial charge in [-0.15, -0.1) is 0 Å². The quantitative estimate of drug-likeness (QED) is 0.779. The Labute approximate surface area is 110 Å². The molecule has 1 aromatic rings. The van der Waals surface area contributed by atoms with Crippen molar-refractivity contribution in [3.8, 4) is 11.5 Å². The van der Waals surface area contributed by atoms with Gasteiger partial charge in [0.15, 0.2) is 0 Å². The van der Waals surface area contributed by atoms with Crippen LogP contribution in [0.1, 0.15) is 25.5 Å². The van der Waals surface area contributed by atoms with Crippen LogP contribution < -0.4 is 10.1 Å². The van der Waals surface area contributed by atoms with Gasteiger partial charge in [-0.05, 0) is 38.7 Å². The van der Waals surface area contributed by atoms with E-state index in [-0.39, 0.29) is 6.04 Å². The summed E-state index contributed by atoms with van der Waals surface area (Å²) in [5.41, 5.74) is 0.869. The molecule has 4 nitrogen and oxygen atoms in total. The molecule has 1 atom stereocenters. The Bertz CT molecular complexity index is 369. The second-order valence-electron chi connectivity index (χ2n) is 4.50. The van der Waals surface area contributed by atoms with Crippen LogP contribution in [0.5, 0.6) is 11.5 Å². The molecule has 0 aliphatic heterocycles. The highest BCUT2D eigenvalue weighted by Crippen LogP contribution is 2.27. The highest BCUT2D eigenvalue weighted by molar-refractivity contribution is 5.41. The van der Waals surface area contributed by atoms with Crippen molar-refractivity contribution >= 4 is 0 Å². The maximum absolute atomic E-state index is 9.85. The number of likely N-dealkylation sites (N-methyl/N-ethyl adjacent to an activating group) is 1. The van der Waals surface area contributed by atoms with Crippen LogP contribution in [-0.4, -0.2) is 43.8 Å². The number of benzene rings is 1. The first-order valence-electron chi connectivity index (χ1n) is 6.37. The molecule has 0 heterocycles. The van der Waals surface area contributed by atoms with Crippen LogP contribution in [0.25, 0.3) is 0 Å². The molecule has 0 saturated carbocycles. The van der Waals surface area contributed by atoms with E-state index in [2.05, 4.69) is 24.2 Å². The van der Waals surface area contributed by atoms with Crippen LogP contribution in [0.4, 0.5) is 0 Å². The van der Waals surface area contributed by atoms with Gasteiger partial charge in [-0.2, -0.15) is 0 Å². The van der Waals surface area contributed by atoms with E-state index < -0.39 is 0 Å². The van der Waals surface area contributed by atoms with E-state index in [1.54, 1.807) is 19.2 Å². The van der Waals surface area contributed by atoms with Crippen molar-refractivity contribution < 1.29 is 9.84 Å². The molecule has 0 spiro atoms. The van der Waals surface area contributed by atoms with Gasteiger partial charge in [0.25, 0.3) is 0 Å². The van der Waals surface area contributed by atoms with Crippen LogP contribution in [0, 0.1) is 0 Å². The standard InChI is InChI=1S/C14H24N2O2/c1-5-16(3)9-8-15-11(2)13-10-12(18-4)6-7-14(13)17/h6-7,10-11,15,17H,5,8-9H2,1-4H3. The monoisotopic (exact) mass is 252 g/mol. The van der Waals surface area contributed by atoms with E-state index in [1.807, 2.05) is 13.0 Å². The lowest BCUT2D eigenvalue weighted by Gasteiger charge is -2.19. The topological polar surface area (TPSA) is 44.7 Å². The Balaban J connectivity index is 2.57. The summed E-state index contributed by atoms with van der Waals surface area (Å²) < 4.78 is 5.17. The summed E-state index contributed by atoms with van der Waals surface area (Å²) in [4.78, 5) is 2.24. The van der Waals surface area contributed by atoms with E-state index >= 15 is 0 Å². The first kappa shape index (κ1) is 14.8. The first-order chi connectivity index (χ1) is 8.58. The van der Waals surface area contributed by atoms with Gasteiger partial charge in [0.05, 0.1) is 7.11 Å². The molecule has 1 aromatic carbocycles. The second-order valence-corrected chi connectivity index (χ2v) is 4.50. The minimum Gasteiger partial charge on any atom is -0.508 e. The van der Waals surface area contributed by atoms with Gasteiger partial charge in [-0.1, -0.05) is 6.92 Å². The van der Waals surface area contributed by atoms with Gasteiger partial charge in [0.2, 0.25) is 0 Å². The molecule has 0 radical (unpaired) electrons. The zero-order chi connectivity index (χ0) is 13.5. The number of nitrogens with one attached hydrogen (secondary N) is 1. The van der Waals surface area contributed by atoms with Gasteiger partial charge < -0.3 is 20.1 Å². The predicted molar refractivity (Wildman–Crippen MR) is 74.2 cm³/mol. The highest BCUT2D eigenvalue weighted by atomic mass is 16.5. The maximum atomic E-state index is 9.85. The molecule has 0 aliphatic rings. The highest BCUT2D eigenvalue weighted by Gasteiger charge is 2.11. The number of nitrogens with zero attached hydrogens (tertiary/aromatic N) is 1. The normalized spacial score (nSPS) is 12.7. The number of aromatic hydroxyl groups is 1. The lowest BCUT2D eigenvalue weighted by Crippen LogP contribution is -2.30. The van der Waals surface area contributed by atoms with Crippen molar-refractivity contribution in [2.24, 2.45) is 0 Å². The summed E-state index contributed by atoms with van der Waals surface area (Å²) in [7, 11) is 3.72. The van der Waals surface area contributed by atoms with E-state index in [0.717, 1.165) is 30.9 Å². The van der Waals surface area contributed by atoms with E-state index in [4.69, 9.17) is 4.74 Å². The Morgan fingerprint density at radius 1 is 1.44 bits per heavy atom. The molecule has 0 saturated heterocycles. The minimum absolute atomic E-state index is 0.102. The van der Waals surface area contributed by atoms with Crippen LogP contribution in [0.2, 0.25) is 0 Å². The minimum atomic E-state index is 0.102. The number of methoxy groups -OCH3 is 1. The van der Waals surface area contributed by atoms with Crippen LogP contribution in [0.3, 0.4) is 0 Å². The lowest BCUT2D eigenvalue weighted by molar-refractivity contribution is 0.340. The van der Waals surface area contributed by atoms with Crippen molar-refractivity contribution in [1.82, 2.24) is 10.2 Å². The molecule has 0 bridgehead atoms. The number of hydrogen-bond donors (Lipinski definition) is 2. The molecular weight excluding hydrogens is 228 g/mol. The number of phenolic OH excluding ortho intramolecular Hbond substituents is 1. The zero-order valence-corrected chi connectivity index (χ0v) is 11.7. The third-order valence-corrected chi connectivity index (χ3v) is 3.19. The Hall–Kier alpha value is -1.26. The van der Waals surface area contributed by atoms with Gasteiger partial charge in [0.1, 0.15) is 11.5 Å². The van der Waals surface area contributed by atoms with Crippen molar-refractivity contribution in [1.29, 1.82) is 0 Å². The van der Waals surface area contributed by atoms with Crippen LogP contribution >= 0.6 is 0 Å². The summed E-state index contributed by atoms with van der Waals surface area (Å²) >= 11 is 0. The summed E-state index contributed by atoms with van der Waals surface area (Å²) in [5, 5.41) is 13.2. The molecule has 0 amide bonds. The predicted octanol–water partition coefficient (Wildman–Crippen LogP) is 2.00. The summed E-state index contributed by atoms with van der Waals surface area (Å²) in [6.07, 6.45) is 0. The van der Waals surface area contributed by atoms with Crippen LogP contribution in [0.15, 0.2) is 18.2 Å². The molecular formula is C14H24N2O2. The zero-order valence-electron chi connectivity index (χ0n) is 11.7. The van der Waals surface area contributed by atoms with Gasteiger partial charge in [-0.3, -0.25) is 0 Å². The number of phenols is 1. The third-order valence-electron chi connectivity index (χ3n) is 3.19. The fraction of sp³-hybridized carbons (Fsp3) is 0.571. The Morgan fingerprint density at radius 2 is 2.17 bits per heavy atom. The lowest BCUT2D eigenvalue weighted by atomic mass is 10.1. The van der Waals surface area contributed by atoms with Crippen molar-refractivity contribution in [2.75, 3.05) is 33.8 Å². The fourth-order valence-corrected chi connectivity index (χ4v) is 1.75.